The third-order valence-corrected chi connectivity index (χ3v) is 2.83. The van der Waals surface area contributed by atoms with Crippen molar-refractivity contribution in [2.75, 3.05) is 5.73 Å². The second-order valence-electron chi connectivity index (χ2n) is 4.36. The van der Waals surface area contributed by atoms with Crippen molar-refractivity contribution in [3.05, 3.63) is 59.4 Å². The molecule has 3 nitrogen and oxygen atoms in total. The number of ketones is 1. The monoisotopic (exact) mass is 240 g/mol. The summed E-state index contributed by atoms with van der Waals surface area (Å²) in [6.07, 6.45) is 2.82. The second-order valence-corrected chi connectivity index (χ2v) is 4.36. The number of anilines is 1. The predicted molar refractivity (Wildman–Crippen MR) is 72.5 cm³/mol. The molecule has 0 spiro atoms. The van der Waals surface area contributed by atoms with Gasteiger partial charge in [-0.05, 0) is 43.2 Å². The maximum Gasteiger partial charge on any atom is 0.164 e. The minimum Gasteiger partial charge on any atom is -0.399 e. The van der Waals surface area contributed by atoms with Gasteiger partial charge in [-0.2, -0.15) is 0 Å². The maximum absolute atomic E-state index is 11.9. The van der Waals surface area contributed by atoms with E-state index in [0.717, 1.165) is 16.9 Å². The zero-order valence-corrected chi connectivity index (χ0v) is 10.4. The zero-order chi connectivity index (χ0) is 13.0. The summed E-state index contributed by atoms with van der Waals surface area (Å²) in [6.45, 7) is 1.90. The number of carbonyl (C=O) groups is 1. The quantitative estimate of drug-likeness (QED) is 0.660. The third kappa shape index (κ3) is 3.17. The molecule has 2 aromatic rings. The summed E-state index contributed by atoms with van der Waals surface area (Å²) < 4.78 is 0. The first kappa shape index (κ1) is 12.3. The summed E-state index contributed by atoms with van der Waals surface area (Å²) in [4.78, 5) is 16.1. The summed E-state index contributed by atoms with van der Waals surface area (Å²) >= 11 is 0. The molecule has 2 N–H and O–H groups in total. The zero-order valence-electron chi connectivity index (χ0n) is 10.4. The van der Waals surface area contributed by atoms with Gasteiger partial charge < -0.3 is 5.73 Å². The molecule has 0 saturated heterocycles. The molecule has 0 unspecified atom stereocenters. The number of pyridine rings is 1. The summed E-state index contributed by atoms with van der Waals surface area (Å²) in [6, 6.07) is 11.3. The largest absolute Gasteiger partial charge is 0.399 e. The van der Waals surface area contributed by atoms with Crippen molar-refractivity contribution in [3.8, 4) is 0 Å². The van der Waals surface area contributed by atoms with E-state index in [1.165, 1.54) is 0 Å². The molecule has 0 aliphatic rings. The highest BCUT2D eigenvalue weighted by atomic mass is 16.1. The molecular formula is C15H16N2O. The lowest BCUT2D eigenvalue weighted by atomic mass is 10.0. The van der Waals surface area contributed by atoms with Crippen molar-refractivity contribution in [2.24, 2.45) is 0 Å². The van der Waals surface area contributed by atoms with Crippen LogP contribution in [0.15, 0.2) is 42.6 Å². The Hall–Kier alpha value is -2.16. The van der Waals surface area contributed by atoms with Crippen LogP contribution in [0.2, 0.25) is 0 Å². The number of hydrogen-bond donors (Lipinski definition) is 1. The van der Waals surface area contributed by atoms with Crippen LogP contribution in [0.1, 0.15) is 28.0 Å². The molecule has 0 aliphatic carbocycles. The van der Waals surface area contributed by atoms with E-state index in [-0.39, 0.29) is 5.78 Å². The topological polar surface area (TPSA) is 56.0 Å². The Morgan fingerprint density at radius 3 is 2.78 bits per heavy atom. The number of benzene rings is 1. The standard InChI is InChI=1S/C15H16N2O/c1-11-5-7-13(10-17-11)15(18)8-6-12-3-2-4-14(16)9-12/h2-5,7,9-10H,6,8,16H2,1H3. The van der Waals surface area contributed by atoms with Gasteiger partial charge in [-0.1, -0.05) is 12.1 Å². The first-order valence-corrected chi connectivity index (χ1v) is 5.95. The van der Waals surface area contributed by atoms with Gasteiger partial charge in [-0.3, -0.25) is 9.78 Å². The van der Waals surface area contributed by atoms with E-state index < -0.39 is 0 Å². The Morgan fingerprint density at radius 1 is 1.28 bits per heavy atom. The average Bonchev–Trinajstić information content (AvgIpc) is 2.37. The second kappa shape index (κ2) is 5.45. The van der Waals surface area contributed by atoms with Gasteiger partial charge in [-0.25, -0.2) is 0 Å². The van der Waals surface area contributed by atoms with Crippen LogP contribution in [0.5, 0.6) is 0 Å². The lowest BCUT2D eigenvalue weighted by Crippen LogP contribution is -2.02. The van der Waals surface area contributed by atoms with E-state index in [1.54, 1.807) is 6.20 Å². The van der Waals surface area contributed by atoms with Crippen molar-refractivity contribution in [1.82, 2.24) is 4.98 Å². The van der Waals surface area contributed by atoms with Crippen LogP contribution < -0.4 is 5.73 Å². The van der Waals surface area contributed by atoms with Crippen molar-refractivity contribution < 1.29 is 4.79 Å². The molecule has 3 heteroatoms. The molecule has 0 saturated carbocycles. The third-order valence-electron chi connectivity index (χ3n) is 2.83. The van der Waals surface area contributed by atoms with E-state index >= 15 is 0 Å². The van der Waals surface area contributed by atoms with Gasteiger partial charge in [0.1, 0.15) is 0 Å². The predicted octanol–water partition coefficient (Wildman–Crippen LogP) is 2.79. The number of hydrogen-bond acceptors (Lipinski definition) is 3. The number of carbonyl (C=O) groups excluding carboxylic acids is 1. The fourth-order valence-corrected chi connectivity index (χ4v) is 1.78. The number of rotatable bonds is 4. The number of nitrogens with zero attached hydrogens (tertiary/aromatic N) is 1. The number of aryl methyl sites for hydroxylation is 2. The van der Waals surface area contributed by atoms with Crippen molar-refractivity contribution in [3.63, 3.8) is 0 Å². The smallest absolute Gasteiger partial charge is 0.164 e. The molecule has 1 aromatic heterocycles. The first-order valence-electron chi connectivity index (χ1n) is 5.95. The molecule has 1 aromatic carbocycles. The molecule has 0 bridgehead atoms. The molecule has 0 radical (unpaired) electrons. The van der Waals surface area contributed by atoms with Crippen LogP contribution in [0.25, 0.3) is 0 Å². The lowest BCUT2D eigenvalue weighted by Gasteiger charge is -2.03. The van der Waals surface area contributed by atoms with Crippen LogP contribution in [0.4, 0.5) is 5.69 Å². The van der Waals surface area contributed by atoms with Crippen molar-refractivity contribution in [1.29, 1.82) is 0 Å². The average molecular weight is 240 g/mol. The summed E-state index contributed by atoms with van der Waals surface area (Å²) in [5, 5.41) is 0. The molecule has 1 heterocycles. The number of Topliss-reactive ketones (excluding diaryl/α,β-unsaturated/α-hetero) is 1. The normalized spacial score (nSPS) is 10.3. The fourth-order valence-electron chi connectivity index (χ4n) is 1.78. The minimum absolute atomic E-state index is 0.116. The number of aromatic nitrogens is 1. The molecule has 0 aliphatic heterocycles. The van der Waals surface area contributed by atoms with Crippen molar-refractivity contribution in [2.45, 2.75) is 19.8 Å². The Bertz CT molecular complexity index is 547. The summed E-state index contributed by atoms with van der Waals surface area (Å²) in [5.74, 6) is 0.116. The SMILES string of the molecule is Cc1ccc(C(=O)CCc2cccc(N)c2)cn1. The van der Waals surface area contributed by atoms with Crippen LogP contribution in [-0.2, 0) is 6.42 Å². The summed E-state index contributed by atoms with van der Waals surface area (Å²) in [7, 11) is 0. The molecule has 0 fully saturated rings. The molecular weight excluding hydrogens is 224 g/mol. The van der Waals surface area contributed by atoms with Crippen LogP contribution >= 0.6 is 0 Å². The minimum atomic E-state index is 0.116. The number of nitrogens with two attached hydrogens (primary N) is 1. The molecule has 0 amide bonds. The Balaban J connectivity index is 1.98. The first-order chi connectivity index (χ1) is 8.65. The highest BCUT2D eigenvalue weighted by molar-refractivity contribution is 5.95. The van der Waals surface area contributed by atoms with E-state index in [2.05, 4.69) is 4.98 Å². The Morgan fingerprint density at radius 2 is 2.11 bits per heavy atom. The molecule has 2 rings (SSSR count). The Labute approximate surface area is 107 Å². The van der Waals surface area contributed by atoms with Gasteiger partial charge in [0.25, 0.3) is 0 Å². The fraction of sp³-hybridized carbons (Fsp3) is 0.200. The van der Waals surface area contributed by atoms with Crippen molar-refractivity contribution >= 4 is 11.5 Å². The van der Waals surface area contributed by atoms with Gasteiger partial charge in [0.15, 0.2) is 5.78 Å². The van der Waals surface area contributed by atoms with Gasteiger partial charge >= 0.3 is 0 Å². The highest BCUT2D eigenvalue weighted by Gasteiger charge is 2.06. The molecule has 92 valence electrons. The van der Waals surface area contributed by atoms with E-state index in [1.807, 2.05) is 43.3 Å². The molecule has 0 atom stereocenters. The number of nitrogen functional groups attached to an aromatic ring is 1. The van der Waals surface area contributed by atoms with Gasteiger partial charge in [0, 0.05) is 29.6 Å². The van der Waals surface area contributed by atoms with Gasteiger partial charge in [-0.15, -0.1) is 0 Å². The molecule has 18 heavy (non-hydrogen) atoms. The van der Waals surface area contributed by atoms with Gasteiger partial charge in [0.05, 0.1) is 0 Å². The van der Waals surface area contributed by atoms with Crippen LogP contribution in [0.3, 0.4) is 0 Å². The maximum atomic E-state index is 11.9. The van der Waals surface area contributed by atoms with E-state index in [0.29, 0.717) is 18.4 Å². The highest BCUT2D eigenvalue weighted by Crippen LogP contribution is 2.11. The van der Waals surface area contributed by atoms with Crippen LogP contribution in [-0.4, -0.2) is 10.8 Å². The summed E-state index contributed by atoms with van der Waals surface area (Å²) in [5.41, 5.74) is 9.11. The van der Waals surface area contributed by atoms with Crippen LogP contribution in [0, 0.1) is 6.92 Å². The van der Waals surface area contributed by atoms with E-state index in [4.69, 9.17) is 5.73 Å². The Kier molecular flexibility index (Phi) is 3.72. The van der Waals surface area contributed by atoms with Gasteiger partial charge in [0.2, 0.25) is 0 Å². The van der Waals surface area contributed by atoms with E-state index in [9.17, 15) is 4.79 Å². The lowest BCUT2D eigenvalue weighted by molar-refractivity contribution is 0.0982.